The van der Waals surface area contributed by atoms with Crippen LogP contribution < -0.4 is 10.5 Å². The molecule has 106 valence electrons. The summed E-state index contributed by atoms with van der Waals surface area (Å²) in [5, 5.41) is 0. The maximum absolute atomic E-state index is 6.60. The van der Waals surface area contributed by atoms with E-state index >= 15 is 0 Å². The molecule has 2 rings (SSSR count). The molecular weight excluding hydrogens is 234 g/mol. The molecule has 2 atom stereocenters. The number of nitrogens with two attached hydrogens (primary N) is 1. The van der Waals surface area contributed by atoms with E-state index in [2.05, 4.69) is 32.9 Å². The SMILES string of the molecule is COc1ccc(C(N)C2CCCCC2(C)C)c(C)c1. The van der Waals surface area contributed by atoms with Crippen molar-refractivity contribution in [2.45, 2.75) is 52.5 Å². The second-order valence-corrected chi connectivity index (χ2v) is 6.59. The minimum absolute atomic E-state index is 0.140. The van der Waals surface area contributed by atoms with Gasteiger partial charge in [0.05, 0.1) is 7.11 Å². The van der Waals surface area contributed by atoms with Gasteiger partial charge in [0.1, 0.15) is 5.75 Å². The van der Waals surface area contributed by atoms with Crippen LogP contribution in [0.15, 0.2) is 18.2 Å². The summed E-state index contributed by atoms with van der Waals surface area (Å²) in [5.41, 5.74) is 9.47. The first-order chi connectivity index (χ1) is 8.95. The van der Waals surface area contributed by atoms with E-state index in [-0.39, 0.29) is 6.04 Å². The van der Waals surface area contributed by atoms with E-state index in [0.29, 0.717) is 11.3 Å². The van der Waals surface area contributed by atoms with Crippen molar-refractivity contribution in [1.82, 2.24) is 0 Å². The van der Waals surface area contributed by atoms with Crippen molar-refractivity contribution in [2.24, 2.45) is 17.1 Å². The minimum atomic E-state index is 0.140. The van der Waals surface area contributed by atoms with Crippen molar-refractivity contribution in [2.75, 3.05) is 7.11 Å². The lowest BCUT2D eigenvalue weighted by molar-refractivity contribution is 0.112. The fourth-order valence-electron chi connectivity index (χ4n) is 3.55. The number of ether oxygens (including phenoxy) is 1. The van der Waals surface area contributed by atoms with E-state index in [4.69, 9.17) is 10.5 Å². The second-order valence-electron chi connectivity index (χ2n) is 6.59. The monoisotopic (exact) mass is 261 g/mol. The van der Waals surface area contributed by atoms with E-state index < -0.39 is 0 Å². The smallest absolute Gasteiger partial charge is 0.119 e. The molecule has 19 heavy (non-hydrogen) atoms. The fraction of sp³-hybridized carbons (Fsp3) is 0.647. The molecule has 0 heterocycles. The zero-order valence-corrected chi connectivity index (χ0v) is 12.7. The van der Waals surface area contributed by atoms with Crippen LogP contribution in [0.3, 0.4) is 0 Å². The predicted molar refractivity (Wildman–Crippen MR) is 80.4 cm³/mol. The van der Waals surface area contributed by atoms with Gasteiger partial charge in [-0.3, -0.25) is 0 Å². The molecule has 0 aromatic heterocycles. The molecule has 1 fully saturated rings. The number of methoxy groups -OCH3 is 1. The topological polar surface area (TPSA) is 35.2 Å². The molecule has 1 aromatic carbocycles. The Morgan fingerprint density at radius 2 is 2.05 bits per heavy atom. The predicted octanol–water partition coefficient (Wildman–Crippen LogP) is 4.22. The highest BCUT2D eigenvalue weighted by Gasteiger charge is 2.36. The molecule has 1 aliphatic rings. The first-order valence-corrected chi connectivity index (χ1v) is 7.36. The standard InChI is InChI=1S/C17H27NO/c1-12-11-13(19-4)8-9-14(12)16(18)15-7-5-6-10-17(15,2)3/h8-9,11,15-16H,5-7,10,18H2,1-4H3. The third kappa shape index (κ3) is 2.94. The van der Waals surface area contributed by atoms with Crippen LogP contribution in [-0.2, 0) is 0 Å². The van der Waals surface area contributed by atoms with Gasteiger partial charge in [-0.25, -0.2) is 0 Å². The summed E-state index contributed by atoms with van der Waals surface area (Å²) in [4.78, 5) is 0. The van der Waals surface area contributed by atoms with Crippen LogP contribution in [0, 0.1) is 18.3 Å². The van der Waals surface area contributed by atoms with Crippen LogP contribution >= 0.6 is 0 Å². The first-order valence-electron chi connectivity index (χ1n) is 7.36. The van der Waals surface area contributed by atoms with Gasteiger partial charge < -0.3 is 10.5 Å². The minimum Gasteiger partial charge on any atom is -0.497 e. The van der Waals surface area contributed by atoms with E-state index in [9.17, 15) is 0 Å². The largest absolute Gasteiger partial charge is 0.497 e. The molecular formula is C17H27NO. The average Bonchev–Trinajstić information content (AvgIpc) is 2.37. The Kier molecular flexibility index (Phi) is 4.19. The van der Waals surface area contributed by atoms with Gasteiger partial charge in [0, 0.05) is 6.04 Å². The first kappa shape index (κ1) is 14.4. The summed E-state index contributed by atoms with van der Waals surface area (Å²) in [6, 6.07) is 6.40. The Bertz CT molecular complexity index is 439. The van der Waals surface area contributed by atoms with Crippen molar-refractivity contribution < 1.29 is 4.74 Å². The number of hydrogen-bond acceptors (Lipinski definition) is 2. The summed E-state index contributed by atoms with van der Waals surface area (Å²) in [7, 11) is 1.71. The van der Waals surface area contributed by atoms with Crippen molar-refractivity contribution in [3.05, 3.63) is 29.3 Å². The molecule has 2 N–H and O–H groups in total. The van der Waals surface area contributed by atoms with Gasteiger partial charge in [-0.15, -0.1) is 0 Å². The third-order valence-corrected chi connectivity index (χ3v) is 4.86. The van der Waals surface area contributed by atoms with Crippen LogP contribution in [0.4, 0.5) is 0 Å². The fourth-order valence-corrected chi connectivity index (χ4v) is 3.55. The van der Waals surface area contributed by atoms with Gasteiger partial charge in [-0.1, -0.05) is 32.8 Å². The molecule has 0 radical (unpaired) electrons. The van der Waals surface area contributed by atoms with Gasteiger partial charge in [0.15, 0.2) is 0 Å². The van der Waals surface area contributed by atoms with E-state index in [1.54, 1.807) is 7.11 Å². The number of aryl methyl sites for hydroxylation is 1. The van der Waals surface area contributed by atoms with E-state index in [0.717, 1.165) is 5.75 Å². The normalized spacial score (nSPS) is 23.9. The van der Waals surface area contributed by atoms with Gasteiger partial charge in [0.2, 0.25) is 0 Å². The molecule has 0 saturated heterocycles. The lowest BCUT2D eigenvalue weighted by atomic mass is 9.65. The molecule has 0 aliphatic heterocycles. The van der Waals surface area contributed by atoms with E-state index in [1.807, 2.05) is 6.07 Å². The highest BCUT2D eigenvalue weighted by molar-refractivity contribution is 5.37. The number of benzene rings is 1. The van der Waals surface area contributed by atoms with Gasteiger partial charge >= 0.3 is 0 Å². The molecule has 2 unspecified atom stereocenters. The Balaban J connectivity index is 2.25. The van der Waals surface area contributed by atoms with Crippen molar-refractivity contribution in [1.29, 1.82) is 0 Å². The molecule has 0 amide bonds. The molecule has 1 aromatic rings. The lowest BCUT2D eigenvalue weighted by Gasteiger charge is -2.42. The molecule has 0 spiro atoms. The second kappa shape index (κ2) is 5.54. The molecule has 1 saturated carbocycles. The third-order valence-electron chi connectivity index (χ3n) is 4.86. The molecule has 0 bridgehead atoms. The quantitative estimate of drug-likeness (QED) is 0.884. The maximum atomic E-state index is 6.60. The zero-order chi connectivity index (χ0) is 14.0. The Morgan fingerprint density at radius 3 is 2.63 bits per heavy atom. The van der Waals surface area contributed by atoms with Crippen LogP contribution in [0.5, 0.6) is 5.75 Å². The highest BCUT2D eigenvalue weighted by Crippen LogP contribution is 2.46. The highest BCUT2D eigenvalue weighted by atomic mass is 16.5. The van der Waals surface area contributed by atoms with Crippen molar-refractivity contribution >= 4 is 0 Å². The average molecular weight is 261 g/mol. The van der Waals surface area contributed by atoms with Crippen LogP contribution in [-0.4, -0.2) is 7.11 Å². The Labute approximate surface area is 117 Å². The molecule has 1 aliphatic carbocycles. The summed E-state index contributed by atoms with van der Waals surface area (Å²) in [6.07, 6.45) is 5.20. The Hall–Kier alpha value is -1.02. The van der Waals surface area contributed by atoms with Crippen LogP contribution in [0.1, 0.15) is 56.7 Å². The van der Waals surface area contributed by atoms with Crippen molar-refractivity contribution in [3.63, 3.8) is 0 Å². The lowest BCUT2D eigenvalue weighted by Crippen LogP contribution is -2.36. The van der Waals surface area contributed by atoms with Gasteiger partial charge in [-0.05, 0) is 54.4 Å². The number of rotatable bonds is 3. The summed E-state index contributed by atoms with van der Waals surface area (Å²) in [5.74, 6) is 1.49. The Morgan fingerprint density at radius 1 is 1.32 bits per heavy atom. The van der Waals surface area contributed by atoms with Gasteiger partial charge in [0.25, 0.3) is 0 Å². The summed E-state index contributed by atoms with van der Waals surface area (Å²) < 4.78 is 5.28. The molecule has 2 nitrogen and oxygen atoms in total. The number of hydrogen-bond donors (Lipinski definition) is 1. The maximum Gasteiger partial charge on any atom is 0.119 e. The van der Waals surface area contributed by atoms with Crippen LogP contribution in [0.2, 0.25) is 0 Å². The van der Waals surface area contributed by atoms with Crippen LogP contribution in [0.25, 0.3) is 0 Å². The van der Waals surface area contributed by atoms with Crippen molar-refractivity contribution in [3.8, 4) is 5.75 Å². The van der Waals surface area contributed by atoms with E-state index in [1.165, 1.54) is 36.8 Å². The zero-order valence-electron chi connectivity index (χ0n) is 12.7. The van der Waals surface area contributed by atoms with Gasteiger partial charge in [-0.2, -0.15) is 0 Å². The molecule has 2 heteroatoms. The summed E-state index contributed by atoms with van der Waals surface area (Å²) in [6.45, 7) is 6.87. The summed E-state index contributed by atoms with van der Waals surface area (Å²) >= 11 is 0.